The van der Waals surface area contributed by atoms with Gasteiger partial charge in [-0.25, -0.2) is 9.97 Å². The van der Waals surface area contributed by atoms with Gasteiger partial charge in [-0.05, 0) is 40.2 Å². The zero-order valence-corrected chi connectivity index (χ0v) is 16.2. The molecule has 2 aromatic heterocycles. The highest BCUT2D eigenvalue weighted by atomic mass is 79.9. The fourth-order valence-electron chi connectivity index (χ4n) is 3.07. The lowest BCUT2D eigenvalue weighted by Crippen LogP contribution is -2.42. The van der Waals surface area contributed by atoms with Crippen LogP contribution < -0.4 is 4.74 Å². The van der Waals surface area contributed by atoms with E-state index >= 15 is 0 Å². The van der Waals surface area contributed by atoms with Crippen molar-refractivity contribution >= 4 is 39.1 Å². The average molecular weight is 436 g/mol. The van der Waals surface area contributed by atoms with Gasteiger partial charge in [0, 0.05) is 43.3 Å². The smallest absolute Gasteiger partial charge is 0.276 e. The molecule has 134 valence electrons. The quantitative estimate of drug-likeness (QED) is 0.627. The number of nitrogens with zero attached hydrogens (tertiary/aromatic N) is 4. The second-order valence-corrected chi connectivity index (χ2v) is 7.36. The van der Waals surface area contributed by atoms with Gasteiger partial charge >= 0.3 is 0 Å². The molecule has 3 aromatic rings. The highest BCUT2D eigenvalue weighted by Crippen LogP contribution is 2.22. The number of likely N-dealkylation sites (tertiary alicyclic amines) is 1. The van der Waals surface area contributed by atoms with E-state index in [2.05, 4.69) is 25.9 Å². The maximum absolute atomic E-state index is 12.9. The van der Waals surface area contributed by atoms with Crippen LogP contribution in [-0.2, 0) is 0 Å². The number of imidazole rings is 1. The Kier molecular flexibility index (Phi) is 4.82. The van der Waals surface area contributed by atoms with Crippen LogP contribution in [0.25, 0.3) is 5.65 Å². The van der Waals surface area contributed by atoms with Crippen LogP contribution in [0.3, 0.4) is 0 Å². The van der Waals surface area contributed by atoms with Crippen molar-refractivity contribution in [2.24, 2.45) is 0 Å². The predicted molar refractivity (Wildman–Crippen MR) is 102 cm³/mol. The van der Waals surface area contributed by atoms with E-state index in [-0.39, 0.29) is 12.0 Å². The number of hydrogen-bond donors (Lipinski definition) is 0. The zero-order chi connectivity index (χ0) is 18.1. The van der Waals surface area contributed by atoms with Crippen LogP contribution in [0.5, 0.6) is 5.75 Å². The van der Waals surface area contributed by atoms with E-state index < -0.39 is 0 Å². The molecule has 3 heterocycles. The van der Waals surface area contributed by atoms with Crippen LogP contribution in [0.1, 0.15) is 23.3 Å². The van der Waals surface area contributed by atoms with Crippen molar-refractivity contribution in [3.63, 3.8) is 0 Å². The van der Waals surface area contributed by atoms with E-state index in [1.54, 1.807) is 23.0 Å². The number of carbonyl (C=O) groups is 1. The Bertz CT molecular complexity index is 936. The minimum absolute atomic E-state index is 0.0875. The van der Waals surface area contributed by atoms with Gasteiger partial charge in [-0.3, -0.25) is 9.20 Å². The molecule has 1 amide bonds. The van der Waals surface area contributed by atoms with E-state index in [0.29, 0.717) is 29.5 Å². The number of fused-ring (bicyclic) bond motifs is 1. The lowest BCUT2D eigenvalue weighted by atomic mass is 10.1. The van der Waals surface area contributed by atoms with Crippen LogP contribution in [0, 0.1) is 0 Å². The standard InChI is InChI=1S/C18H16BrClN4O2/c19-15-11-22-17-16(21-7-10-24(15)17)18(25)23-8-5-14(6-9-23)26-13-3-1-12(20)2-4-13/h1-4,7,10-11,14H,5-6,8-9H2. The van der Waals surface area contributed by atoms with Gasteiger partial charge in [-0.15, -0.1) is 0 Å². The molecule has 0 N–H and O–H groups in total. The highest BCUT2D eigenvalue weighted by Gasteiger charge is 2.27. The number of ether oxygens (including phenoxy) is 1. The number of benzene rings is 1. The van der Waals surface area contributed by atoms with Crippen LogP contribution in [0.4, 0.5) is 0 Å². The Morgan fingerprint density at radius 3 is 2.65 bits per heavy atom. The molecule has 0 bridgehead atoms. The predicted octanol–water partition coefficient (Wildman–Crippen LogP) is 3.83. The molecule has 1 fully saturated rings. The summed E-state index contributed by atoms with van der Waals surface area (Å²) in [6.07, 6.45) is 6.69. The topological polar surface area (TPSA) is 59.7 Å². The normalized spacial score (nSPS) is 15.4. The maximum Gasteiger partial charge on any atom is 0.276 e. The summed E-state index contributed by atoms with van der Waals surface area (Å²) in [7, 11) is 0. The summed E-state index contributed by atoms with van der Waals surface area (Å²) in [6, 6.07) is 7.34. The number of halogens is 2. The second-order valence-electron chi connectivity index (χ2n) is 6.11. The van der Waals surface area contributed by atoms with Gasteiger partial charge in [0.15, 0.2) is 11.3 Å². The molecule has 0 spiro atoms. The van der Waals surface area contributed by atoms with Crippen molar-refractivity contribution in [3.05, 3.63) is 58.2 Å². The SMILES string of the molecule is O=C(c1nccn2c(Br)cnc12)N1CCC(Oc2ccc(Cl)cc2)CC1. The first-order chi connectivity index (χ1) is 12.6. The molecular formula is C18H16BrClN4O2. The summed E-state index contributed by atoms with van der Waals surface area (Å²) in [5, 5.41) is 0.685. The van der Waals surface area contributed by atoms with Crippen molar-refractivity contribution in [2.75, 3.05) is 13.1 Å². The monoisotopic (exact) mass is 434 g/mol. The number of piperidine rings is 1. The third-order valence-electron chi connectivity index (χ3n) is 4.43. The minimum atomic E-state index is -0.0985. The van der Waals surface area contributed by atoms with Crippen LogP contribution in [0.15, 0.2) is 47.5 Å². The average Bonchev–Trinajstić information content (AvgIpc) is 3.05. The largest absolute Gasteiger partial charge is 0.490 e. The third-order valence-corrected chi connectivity index (χ3v) is 5.27. The van der Waals surface area contributed by atoms with Crippen LogP contribution in [-0.4, -0.2) is 44.4 Å². The van der Waals surface area contributed by atoms with E-state index in [4.69, 9.17) is 16.3 Å². The summed E-state index contributed by atoms with van der Waals surface area (Å²) in [4.78, 5) is 23.2. The lowest BCUT2D eigenvalue weighted by Gasteiger charge is -2.32. The van der Waals surface area contributed by atoms with Gasteiger partial charge in [0.2, 0.25) is 0 Å². The van der Waals surface area contributed by atoms with Crippen molar-refractivity contribution < 1.29 is 9.53 Å². The Labute approximate surface area is 163 Å². The molecule has 1 aromatic carbocycles. The van der Waals surface area contributed by atoms with Gasteiger partial charge in [0.05, 0.1) is 6.20 Å². The maximum atomic E-state index is 12.9. The third kappa shape index (κ3) is 3.41. The molecule has 0 atom stereocenters. The number of amides is 1. The van der Waals surface area contributed by atoms with Crippen molar-refractivity contribution in [2.45, 2.75) is 18.9 Å². The first-order valence-corrected chi connectivity index (χ1v) is 9.48. The molecule has 4 rings (SSSR count). The fraction of sp³-hybridized carbons (Fsp3) is 0.278. The van der Waals surface area contributed by atoms with Crippen molar-refractivity contribution in [1.29, 1.82) is 0 Å². The molecule has 1 aliphatic heterocycles. The molecule has 1 saturated heterocycles. The molecule has 26 heavy (non-hydrogen) atoms. The Morgan fingerprint density at radius 2 is 1.92 bits per heavy atom. The second kappa shape index (κ2) is 7.25. The van der Waals surface area contributed by atoms with Gasteiger partial charge in [-0.2, -0.15) is 0 Å². The minimum Gasteiger partial charge on any atom is -0.490 e. The molecule has 8 heteroatoms. The zero-order valence-electron chi connectivity index (χ0n) is 13.8. The Morgan fingerprint density at radius 1 is 1.19 bits per heavy atom. The van der Waals surface area contributed by atoms with Gasteiger partial charge in [0.25, 0.3) is 5.91 Å². The number of aromatic nitrogens is 3. The Balaban J connectivity index is 1.42. The molecule has 0 aliphatic carbocycles. The first-order valence-electron chi connectivity index (χ1n) is 8.31. The van der Waals surface area contributed by atoms with E-state index in [1.165, 1.54) is 0 Å². The fourth-order valence-corrected chi connectivity index (χ4v) is 3.59. The summed E-state index contributed by atoms with van der Waals surface area (Å²) in [6.45, 7) is 1.25. The van der Waals surface area contributed by atoms with Crippen molar-refractivity contribution in [1.82, 2.24) is 19.3 Å². The molecular weight excluding hydrogens is 420 g/mol. The lowest BCUT2D eigenvalue weighted by molar-refractivity contribution is 0.0591. The molecule has 1 aliphatic rings. The molecule has 0 radical (unpaired) electrons. The molecule has 0 unspecified atom stereocenters. The molecule has 0 saturated carbocycles. The summed E-state index contributed by atoms with van der Waals surface area (Å²) >= 11 is 9.31. The van der Waals surface area contributed by atoms with Crippen LogP contribution >= 0.6 is 27.5 Å². The number of hydrogen-bond acceptors (Lipinski definition) is 4. The number of carbonyl (C=O) groups excluding carboxylic acids is 1. The summed E-state index contributed by atoms with van der Waals surface area (Å²) in [5.41, 5.74) is 0.930. The van der Waals surface area contributed by atoms with Gasteiger partial charge in [-0.1, -0.05) is 11.6 Å². The number of rotatable bonds is 3. The van der Waals surface area contributed by atoms with Crippen molar-refractivity contribution in [3.8, 4) is 5.75 Å². The molecule has 6 nitrogen and oxygen atoms in total. The highest BCUT2D eigenvalue weighted by molar-refractivity contribution is 9.10. The van der Waals surface area contributed by atoms with Crippen LogP contribution in [0.2, 0.25) is 5.02 Å². The van der Waals surface area contributed by atoms with E-state index in [0.717, 1.165) is 23.2 Å². The summed E-state index contributed by atoms with van der Waals surface area (Å²) < 4.78 is 8.58. The van der Waals surface area contributed by atoms with Gasteiger partial charge < -0.3 is 9.64 Å². The van der Waals surface area contributed by atoms with Gasteiger partial charge in [0.1, 0.15) is 16.5 Å². The Hall–Kier alpha value is -2.12. The van der Waals surface area contributed by atoms with E-state index in [9.17, 15) is 4.79 Å². The first kappa shape index (κ1) is 17.3. The van der Waals surface area contributed by atoms with E-state index in [1.807, 2.05) is 29.2 Å². The summed E-state index contributed by atoms with van der Waals surface area (Å²) in [5.74, 6) is 0.700.